The Kier molecular flexibility index (Phi) is 5.81. The number of aromatic nitrogens is 1. The number of pyridine rings is 1. The topological polar surface area (TPSA) is 68.3 Å². The number of carbonyl (C=O) groups excluding carboxylic acids is 2. The minimum atomic E-state index is -4.77. The van der Waals surface area contributed by atoms with Gasteiger partial charge < -0.3 is 10.1 Å². The minimum absolute atomic E-state index is 0.0658. The lowest BCUT2D eigenvalue weighted by molar-refractivity contribution is -0.142. The highest BCUT2D eigenvalue weighted by molar-refractivity contribution is 6.10. The van der Waals surface area contributed by atoms with Gasteiger partial charge in [0.2, 0.25) is 0 Å². The van der Waals surface area contributed by atoms with Crippen molar-refractivity contribution in [3.8, 4) is 0 Å². The number of ether oxygens (including phenoxy) is 1. The Morgan fingerprint density at radius 3 is 2.52 bits per heavy atom. The van der Waals surface area contributed by atoms with E-state index in [0.29, 0.717) is 5.52 Å². The summed E-state index contributed by atoms with van der Waals surface area (Å²) in [5.74, 6) is -1.69. The van der Waals surface area contributed by atoms with Crippen LogP contribution < -0.4 is 5.32 Å². The Bertz CT molecular complexity index is 1060. The predicted octanol–water partition coefficient (Wildman–Crippen LogP) is 4.61. The highest BCUT2D eigenvalue weighted by atomic mass is 19.4. The zero-order valence-electron chi connectivity index (χ0n) is 15.4. The molecule has 0 aliphatic carbocycles. The summed E-state index contributed by atoms with van der Waals surface area (Å²) in [6, 6.07) is 11.7. The molecule has 0 spiro atoms. The first-order valence-corrected chi connectivity index (χ1v) is 8.81. The third kappa shape index (κ3) is 4.53. The average molecular weight is 402 g/mol. The first-order chi connectivity index (χ1) is 13.8. The van der Waals surface area contributed by atoms with E-state index in [1.807, 2.05) is 0 Å². The number of carbonyl (C=O) groups is 2. The molecular formula is C21H17F3N2O3. The van der Waals surface area contributed by atoms with Crippen LogP contribution in [0.2, 0.25) is 0 Å². The van der Waals surface area contributed by atoms with Gasteiger partial charge in [-0.05, 0) is 30.7 Å². The molecule has 0 saturated carbocycles. The van der Waals surface area contributed by atoms with Gasteiger partial charge in [-0.25, -0.2) is 0 Å². The maximum atomic E-state index is 13.6. The second-order valence-corrected chi connectivity index (χ2v) is 6.15. The van der Waals surface area contributed by atoms with Crippen LogP contribution in [0.3, 0.4) is 0 Å². The maximum absolute atomic E-state index is 13.6. The number of fused-ring (bicyclic) bond motifs is 1. The smallest absolute Gasteiger partial charge is 0.417 e. The van der Waals surface area contributed by atoms with Crippen molar-refractivity contribution >= 4 is 28.5 Å². The zero-order valence-corrected chi connectivity index (χ0v) is 15.4. The van der Waals surface area contributed by atoms with E-state index in [2.05, 4.69) is 10.3 Å². The maximum Gasteiger partial charge on any atom is 0.417 e. The summed E-state index contributed by atoms with van der Waals surface area (Å²) < 4.78 is 45.5. The van der Waals surface area contributed by atoms with Gasteiger partial charge in [-0.2, -0.15) is 13.2 Å². The van der Waals surface area contributed by atoms with E-state index >= 15 is 0 Å². The van der Waals surface area contributed by atoms with Gasteiger partial charge in [0.05, 0.1) is 35.4 Å². The van der Waals surface area contributed by atoms with Gasteiger partial charge in [0.25, 0.3) is 5.91 Å². The molecule has 0 bridgehead atoms. The number of esters is 1. The van der Waals surface area contributed by atoms with Gasteiger partial charge in [0.1, 0.15) is 0 Å². The number of hydrogen-bond acceptors (Lipinski definition) is 4. The van der Waals surface area contributed by atoms with Gasteiger partial charge in [-0.1, -0.05) is 30.3 Å². The van der Waals surface area contributed by atoms with E-state index in [0.717, 1.165) is 17.5 Å². The SMILES string of the molecule is CCOC(=O)Cc1cccc(C(F)(F)F)c1C(=O)Nc1cccc2cccnc12. The van der Waals surface area contributed by atoms with Crippen molar-refractivity contribution in [1.29, 1.82) is 0 Å². The van der Waals surface area contributed by atoms with Crippen LogP contribution in [-0.2, 0) is 22.1 Å². The number of benzene rings is 2. The lowest BCUT2D eigenvalue weighted by atomic mass is 9.97. The molecule has 0 radical (unpaired) electrons. The van der Waals surface area contributed by atoms with Crippen LogP contribution in [-0.4, -0.2) is 23.5 Å². The van der Waals surface area contributed by atoms with Crippen LogP contribution >= 0.6 is 0 Å². The summed E-state index contributed by atoms with van der Waals surface area (Å²) in [5, 5.41) is 3.23. The number of hydrogen-bond donors (Lipinski definition) is 1. The molecule has 0 aliphatic heterocycles. The largest absolute Gasteiger partial charge is 0.466 e. The van der Waals surface area contributed by atoms with E-state index in [-0.39, 0.29) is 17.9 Å². The Labute approximate surface area is 164 Å². The molecule has 3 aromatic rings. The van der Waals surface area contributed by atoms with Gasteiger partial charge >= 0.3 is 12.1 Å². The Hall–Kier alpha value is -3.42. The molecule has 150 valence electrons. The molecule has 0 saturated heterocycles. The molecule has 1 amide bonds. The number of anilines is 1. The van der Waals surface area contributed by atoms with Gasteiger partial charge in [0.15, 0.2) is 0 Å². The van der Waals surface area contributed by atoms with Crippen LogP contribution in [0.1, 0.15) is 28.4 Å². The quantitative estimate of drug-likeness (QED) is 0.633. The molecule has 0 aliphatic rings. The lowest BCUT2D eigenvalue weighted by Crippen LogP contribution is -2.22. The molecule has 2 aromatic carbocycles. The monoisotopic (exact) mass is 402 g/mol. The molecule has 3 rings (SSSR count). The van der Waals surface area contributed by atoms with E-state index in [4.69, 9.17) is 4.74 Å². The summed E-state index contributed by atoms with van der Waals surface area (Å²) in [7, 11) is 0. The molecule has 1 heterocycles. The molecule has 0 fully saturated rings. The minimum Gasteiger partial charge on any atom is -0.466 e. The lowest BCUT2D eigenvalue weighted by Gasteiger charge is -2.17. The highest BCUT2D eigenvalue weighted by Crippen LogP contribution is 2.34. The summed E-state index contributed by atoms with van der Waals surface area (Å²) in [6.07, 6.45) is -3.70. The number of rotatable bonds is 5. The van der Waals surface area contributed by atoms with Crippen molar-refractivity contribution in [2.45, 2.75) is 19.5 Å². The molecule has 1 N–H and O–H groups in total. The van der Waals surface area contributed by atoms with Crippen LogP contribution in [0.15, 0.2) is 54.7 Å². The van der Waals surface area contributed by atoms with Gasteiger partial charge in [-0.3, -0.25) is 14.6 Å². The van der Waals surface area contributed by atoms with Crippen LogP contribution in [0.5, 0.6) is 0 Å². The molecule has 5 nitrogen and oxygen atoms in total. The third-order valence-electron chi connectivity index (χ3n) is 4.20. The number of amides is 1. The van der Waals surface area contributed by atoms with E-state index < -0.39 is 35.6 Å². The molecule has 8 heteroatoms. The summed E-state index contributed by atoms with van der Waals surface area (Å²) in [5.41, 5.74) is -1.08. The second-order valence-electron chi connectivity index (χ2n) is 6.15. The van der Waals surface area contributed by atoms with Crippen molar-refractivity contribution in [2.24, 2.45) is 0 Å². The van der Waals surface area contributed by atoms with Crippen molar-refractivity contribution in [3.05, 3.63) is 71.4 Å². The summed E-state index contributed by atoms with van der Waals surface area (Å²) in [4.78, 5) is 28.9. The van der Waals surface area contributed by atoms with Gasteiger partial charge in [0, 0.05) is 11.6 Å². The van der Waals surface area contributed by atoms with Gasteiger partial charge in [-0.15, -0.1) is 0 Å². The first kappa shape index (κ1) is 20.3. The molecule has 0 atom stereocenters. The van der Waals surface area contributed by atoms with Crippen molar-refractivity contribution < 1.29 is 27.5 Å². The highest BCUT2D eigenvalue weighted by Gasteiger charge is 2.36. The normalized spacial score (nSPS) is 11.3. The van der Waals surface area contributed by atoms with Crippen LogP contribution in [0, 0.1) is 0 Å². The van der Waals surface area contributed by atoms with E-state index in [9.17, 15) is 22.8 Å². The predicted molar refractivity (Wildman–Crippen MR) is 101 cm³/mol. The van der Waals surface area contributed by atoms with E-state index in [1.165, 1.54) is 12.3 Å². The third-order valence-corrected chi connectivity index (χ3v) is 4.20. The van der Waals surface area contributed by atoms with Crippen molar-refractivity contribution in [1.82, 2.24) is 4.98 Å². The summed E-state index contributed by atoms with van der Waals surface area (Å²) in [6.45, 7) is 1.67. The van der Waals surface area contributed by atoms with Crippen molar-refractivity contribution in [3.63, 3.8) is 0 Å². The average Bonchev–Trinajstić information content (AvgIpc) is 2.67. The Balaban J connectivity index is 2.05. The number of para-hydroxylation sites is 1. The standard InChI is InChI=1S/C21H17F3N2O3/c1-2-29-17(27)12-14-7-3-9-15(21(22,23)24)18(14)20(28)26-16-10-4-6-13-8-5-11-25-19(13)16/h3-11H,2,12H2,1H3,(H,26,28). The number of nitrogens with one attached hydrogen (secondary N) is 1. The number of nitrogens with zero attached hydrogens (tertiary/aromatic N) is 1. The zero-order chi connectivity index (χ0) is 21.0. The van der Waals surface area contributed by atoms with Crippen LogP contribution in [0.25, 0.3) is 10.9 Å². The fourth-order valence-electron chi connectivity index (χ4n) is 3.01. The molecule has 1 aromatic heterocycles. The fraction of sp³-hybridized carbons (Fsp3) is 0.190. The fourth-order valence-corrected chi connectivity index (χ4v) is 3.01. The summed E-state index contributed by atoms with van der Waals surface area (Å²) >= 11 is 0. The Morgan fingerprint density at radius 1 is 1.07 bits per heavy atom. The second kappa shape index (κ2) is 8.30. The number of halogens is 3. The molecular weight excluding hydrogens is 385 g/mol. The molecule has 0 unspecified atom stereocenters. The van der Waals surface area contributed by atoms with Crippen molar-refractivity contribution in [2.75, 3.05) is 11.9 Å². The first-order valence-electron chi connectivity index (χ1n) is 8.81. The van der Waals surface area contributed by atoms with E-state index in [1.54, 1.807) is 37.3 Å². The van der Waals surface area contributed by atoms with Crippen LogP contribution in [0.4, 0.5) is 18.9 Å². The Morgan fingerprint density at radius 2 is 1.79 bits per heavy atom. The number of alkyl halides is 3. The molecule has 29 heavy (non-hydrogen) atoms.